The molecule has 0 fully saturated rings. The predicted molar refractivity (Wildman–Crippen MR) is 102 cm³/mol. The van der Waals surface area contributed by atoms with Crippen LogP contribution in [0.15, 0.2) is 36.5 Å². The van der Waals surface area contributed by atoms with Crippen LogP contribution in [-0.4, -0.2) is 54.5 Å². The van der Waals surface area contributed by atoms with Gasteiger partial charge in [0.05, 0.1) is 12.8 Å². The van der Waals surface area contributed by atoms with Crippen molar-refractivity contribution in [2.45, 2.75) is 26.1 Å². The Bertz CT molecular complexity index is 746. The highest BCUT2D eigenvalue weighted by Crippen LogP contribution is 2.24. The Morgan fingerprint density at radius 3 is 2.93 bits per heavy atom. The van der Waals surface area contributed by atoms with Gasteiger partial charge in [-0.3, -0.25) is 14.4 Å². The Hall–Kier alpha value is -2.38. The van der Waals surface area contributed by atoms with Gasteiger partial charge in [-0.1, -0.05) is 18.2 Å². The van der Waals surface area contributed by atoms with Gasteiger partial charge in [-0.05, 0) is 24.5 Å². The number of fused-ring (bicyclic) bond motifs is 1. The summed E-state index contributed by atoms with van der Waals surface area (Å²) in [6, 6.07) is 10.2. The SMILES string of the molecule is COCC(=O)NCC[C@H]1CN(Cc2ccccc2OC)Cc2ccnn2C1. The van der Waals surface area contributed by atoms with Gasteiger partial charge in [-0.25, -0.2) is 0 Å². The third-order valence-corrected chi connectivity index (χ3v) is 4.87. The van der Waals surface area contributed by atoms with Gasteiger partial charge in [0.15, 0.2) is 0 Å². The summed E-state index contributed by atoms with van der Waals surface area (Å²) in [6.07, 6.45) is 2.76. The van der Waals surface area contributed by atoms with Gasteiger partial charge in [0.2, 0.25) is 5.91 Å². The molecule has 1 aliphatic heterocycles. The van der Waals surface area contributed by atoms with Crippen LogP contribution in [0.2, 0.25) is 0 Å². The molecule has 27 heavy (non-hydrogen) atoms. The van der Waals surface area contributed by atoms with Gasteiger partial charge in [0.1, 0.15) is 12.4 Å². The summed E-state index contributed by atoms with van der Waals surface area (Å²) in [4.78, 5) is 14.0. The van der Waals surface area contributed by atoms with E-state index in [4.69, 9.17) is 9.47 Å². The number of methoxy groups -OCH3 is 2. The van der Waals surface area contributed by atoms with Crippen molar-refractivity contribution in [2.75, 3.05) is 33.9 Å². The number of nitrogens with one attached hydrogen (secondary N) is 1. The lowest BCUT2D eigenvalue weighted by atomic mass is 10.0. The molecule has 3 rings (SSSR count). The van der Waals surface area contributed by atoms with Crippen LogP contribution in [0.1, 0.15) is 17.7 Å². The minimum Gasteiger partial charge on any atom is -0.496 e. The van der Waals surface area contributed by atoms with Crippen LogP contribution in [0.3, 0.4) is 0 Å². The second-order valence-corrected chi connectivity index (χ2v) is 6.92. The van der Waals surface area contributed by atoms with Crippen molar-refractivity contribution in [3.05, 3.63) is 47.8 Å². The molecule has 0 saturated carbocycles. The van der Waals surface area contributed by atoms with Crippen molar-refractivity contribution in [2.24, 2.45) is 5.92 Å². The van der Waals surface area contributed by atoms with E-state index in [0.29, 0.717) is 12.5 Å². The van der Waals surface area contributed by atoms with E-state index in [1.165, 1.54) is 18.4 Å². The Labute approximate surface area is 160 Å². The summed E-state index contributed by atoms with van der Waals surface area (Å²) in [5.74, 6) is 1.25. The topological polar surface area (TPSA) is 68.6 Å². The summed E-state index contributed by atoms with van der Waals surface area (Å²) in [6.45, 7) is 4.23. The fourth-order valence-electron chi connectivity index (χ4n) is 3.60. The van der Waals surface area contributed by atoms with Gasteiger partial charge >= 0.3 is 0 Å². The summed E-state index contributed by atoms with van der Waals surface area (Å²) in [5.41, 5.74) is 2.40. The van der Waals surface area contributed by atoms with Crippen molar-refractivity contribution < 1.29 is 14.3 Å². The minimum absolute atomic E-state index is 0.0724. The highest BCUT2D eigenvalue weighted by atomic mass is 16.5. The number of amides is 1. The molecule has 0 saturated heterocycles. The van der Waals surface area contributed by atoms with E-state index < -0.39 is 0 Å². The quantitative estimate of drug-likeness (QED) is 0.764. The number of aromatic nitrogens is 2. The van der Waals surface area contributed by atoms with E-state index in [2.05, 4.69) is 32.1 Å². The van der Waals surface area contributed by atoms with E-state index in [0.717, 1.165) is 38.3 Å². The maximum Gasteiger partial charge on any atom is 0.245 e. The number of hydrogen-bond donors (Lipinski definition) is 1. The van der Waals surface area contributed by atoms with Crippen molar-refractivity contribution in [1.82, 2.24) is 20.0 Å². The number of ether oxygens (including phenoxy) is 2. The molecular weight excluding hydrogens is 344 g/mol. The third-order valence-electron chi connectivity index (χ3n) is 4.87. The van der Waals surface area contributed by atoms with Crippen LogP contribution >= 0.6 is 0 Å². The monoisotopic (exact) mass is 372 g/mol. The molecule has 7 heteroatoms. The van der Waals surface area contributed by atoms with Crippen LogP contribution in [0.5, 0.6) is 5.75 Å². The second kappa shape index (κ2) is 9.53. The van der Waals surface area contributed by atoms with Crippen molar-refractivity contribution >= 4 is 5.91 Å². The second-order valence-electron chi connectivity index (χ2n) is 6.92. The van der Waals surface area contributed by atoms with Crippen molar-refractivity contribution in [3.8, 4) is 5.75 Å². The Morgan fingerprint density at radius 2 is 2.11 bits per heavy atom. The normalized spacial score (nSPS) is 17.2. The summed E-state index contributed by atoms with van der Waals surface area (Å²) in [5, 5.41) is 7.39. The molecule has 1 aromatic carbocycles. The first-order valence-electron chi connectivity index (χ1n) is 9.30. The maximum atomic E-state index is 11.6. The number of hydrogen-bond acceptors (Lipinski definition) is 5. The number of carbonyl (C=O) groups is 1. The molecule has 2 aromatic rings. The minimum atomic E-state index is -0.0724. The molecule has 0 spiro atoms. The Balaban J connectivity index is 1.66. The lowest BCUT2D eigenvalue weighted by Crippen LogP contribution is -2.32. The number of nitrogens with zero attached hydrogens (tertiary/aromatic N) is 3. The molecule has 0 aliphatic carbocycles. The summed E-state index contributed by atoms with van der Waals surface area (Å²) < 4.78 is 12.5. The number of rotatable bonds is 8. The van der Waals surface area contributed by atoms with E-state index in [9.17, 15) is 4.79 Å². The van der Waals surface area contributed by atoms with E-state index >= 15 is 0 Å². The van der Waals surface area contributed by atoms with Crippen molar-refractivity contribution in [1.29, 1.82) is 0 Å². The molecule has 1 N–H and O–H groups in total. The van der Waals surface area contributed by atoms with E-state index in [1.54, 1.807) is 7.11 Å². The molecule has 0 unspecified atom stereocenters. The maximum absolute atomic E-state index is 11.6. The molecule has 1 atom stereocenters. The van der Waals surface area contributed by atoms with Crippen LogP contribution in [0, 0.1) is 5.92 Å². The van der Waals surface area contributed by atoms with Gasteiger partial charge in [0.25, 0.3) is 0 Å². The van der Waals surface area contributed by atoms with Crippen LogP contribution in [-0.2, 0) is 29.2 Å². The number of benzene rings is 1. The Kier molecular flexibility index (Phi) is 6.84. The molecule has 1 amide bonds. The summed E-state index contributed by atoms with van der Waals surface area (Å²) >= 11 is 0. The largest absolute Gasteiger partial charge is 0.496 e. The molecule has 1 aliphatic rings. The first-order valence-corrected chi connectivity index (χ1v) is 9.30. The molecular formula is C20H28N4O3. The van der Waals surface area contributed by atoms with Crippen molar-refractivity contribution in [3.63, 3.8) is 0 Å². The smallest absolute Gasteiger partial charge is 0.245 e. The number of para-hydroxylation sites is 1. The average Bonchev–Trinajstić information content (AvgIpc) is 3.02. The first kappa shape index (κ1) is 19.4. The fraction of sp³-hybridized carbons (Fsp3) is 0.500. The van der Waals surface area contributed by atoms with E-state index in [1.807, 2.05) is 24.4 Å². The lowest BCUT2D eigenvalue weighted by Gasteiger charge is -2.24. The van der Waals surface area contributed by atoms with E-state index in [-0.39, 0.29) is 12.5 Å². The molecule has 2 heterocycles. The van der Waals surface area contributed by atoms with Gasteiger partial charge in [0, 0.05) is 51.6 Å². The molecule has 1 aromatic heterocycles. The lowest BCUT2D eigenvalue weighted by molar-refractivity contribution is -0.124. The Morgan fingerprint density at radius 1 is 1.26 bits per heavy atom. The summed E-state index contributed by atoms with van der Waals surface area (Å²) in [7, 11) is 3.24. The van der Waals surface area contributed by atoms with Crippen LogP contribution < -0.4 is 10.1 Å². The highest BCUT2D eigenvalue weighted by molar-refractivity contribution is 5.77. The van der Waals surface area contributed by atoms with Crippen LogP contribution in [0.4, 0.5) is 0 Å². The van der Waals surface area contributed by atoms with Gasteiger partial charge < -0.3 is 14.8 Å². The predicted octanol–water partition coefficient (Wildman–Crippen LogP) is 1.68. The molecule has 0 bridgehead atoms. The third kappa shape index (κ3) is 5.30. The number of carbonyl (C=O) groups excluding carboxylic acids is 1. The van der Waals surface area contributed by atoms with Gasteiger partial charge in [-0.15, -0.1) is 0 Å². The standard InChI is InChI=1S/C20H28N4O3/c1-26-15-20(25)21-9-7-16-11-23(14-18-8-10-22-24(18)12-16)13-17-5-3-4-6-19(17)27-2/h3-6,8,10,16H,7,9,11-15H2,1-2H3,(H,21,25)/t16-/m0/s1. The fourth-order valence-corrected chi connectivity index (χ4v) is 3.60. The average molecular weight is 372 g/mol. The van der Waals surface area contributed by atoms with Crippen LogP contribution in [0.25, 0.3) is 0 Å². The zero-order valence-corrected chi connectivity index (χ0v) is 16.1. The first-order chi connectivity index (χ1) is 13.2. The highest BCUT2D eigenvalue weighted by Gasteiger charge is 2.23. The molecule has 7 nitrogen and oxygen atoms in total. The zero-order chi connectivity index (χ0) is 19.1. The molecule has 146 valence electrons. The van der Waals surface area contributed by atoms with Gasteiger partial charge in [-0.2, -0.15) is 5.10 Å². The molecule has 0 radical (unpaired) electrons. The zero-order valence-electron chi connectivity index (χ0n) is 16.1.